The van der Waals surface area contributed by atoms with Gasteiger partial charge < -0.3 is 5.32 Å². The van der Waals surface area contributed by atoms with E-state index in [0.29, 0.717) is 33.4 Å². The van der Waals surface area contributed by atoms with Gasteiger partial charge in [0.25, 0.3) is 11.5 Å². The Labute approximate surface area is 176 Å². The number of thioether (sulfide) groups is 1. The lowest BCUT2D eigenvalue weighted by Crippen LogP contribution is -2.14. The maximum absolute atomic E-state index is 12.5. The first kappa shape index (κ1) is 19.2. The van der Waals surface area contributed by atoms with Crippen molar-refractivity contribution in [3.63, 3.8) is 0 Å². The highest BCUT2D eigenvalue weighted by Gasteiger charge is 2.10. The maximum atomic E-state index is 12.5. The minimum atomic E-state index is -0.211. The number of hydrogen-bond donors (Lipinski definition) is 1. The van der Waals surface area contributed by atoms with Crippen LogP contribution in [0.15, 0.2) is 88.7 Å². The van der Waals surface area contributed by atoms with Crippen molar-refractivity contribution in [1.82, 2.24) is 9.38 Å². The number of carbonyl (C=O) groups is 1. The van der Waals surface area contributed by atoms with Gasteiger partial charge in [0.15, 0.2) is 0 Å². The first-order chi connectivity index (χ1) is 14.1. The monoisotopic (exact) mass is 421 g/mol. The normalized spacial score (nSPS) is 10.8. The fraction of sp³-hybridized carbons (Fsp3) is 0.0455. The Bertz CT molecular complexity index is 1240. The zero-order chi connectivity index (χ0) is 20.2. The molecule has 29 heavy (non-hydrogen) atoms. The van der Waals surface area contributed by atoms with Crippen molar-refractivity contribution in [3.8, 4) is 0 Å². The Balaban J connectivity index is 1.52. The molecular formula is C22H16ClN3O2S. The van der Waals surface area contributed by atoms with E-state index >= 15 is 0 Å². The van der Waals surface area contributed by atoms with Gasteiger partial charge in [-0.2, -0.15) is 0 Å². The van der Waals surface area contributed by atoms with Gasteiger partial charge in [-0.25, -0.2) is 4.98 Å². The molecule has 0 radical (unpaired) electrons. The standard InChI is InChI=1S/C22H16ClN3O2S/c23-16-10-8-15(9-11-16)22(28)25-18-5-1-2-6-19(18)29-14-17-13-21(27)26-12-4-3-7-20(26)24-17/h1-13H,14H2,(H,25,28). The summed E-state index contributed by atoms with van der Waals surface area (Å²) < 4.78 is 1.51. The molecule has 2 aromatic carbocycles. The number of halogens is 1. The van der Waals surface area contributed by atoms with E-state index < -0.39 is 0 Å². The number of para-hydroxylation sites is 1. The van der Waals surface area contributed by atoms with E-state index in [1.165, 1.54) is 22.2 Å². The summed E-state index contributed by atoms with van der Waals surface area (Å²) in [6.07, 6.45) is 1.70. The van der Waals surface area contributed by atoms with Crippen LogP contribution in [-0.2, 0) is 5.75 Å². The average molecular weight is 422 g/mol. The Morgan fingerprint density at radius 1 is 1.03 bits per heavy atom. The Hall–Kier alpha value is -3.09. The fourth-order valence-electron chi connectivity index (χ4n) is 2.82. The predicted octanol–water partition coefficient (Wildman–Crippen LogP) is 4.89. The van der Waals surface area contributed by atoms with E-state index in [-0.39, 0.29) is 11.5 Å². The van der Waals surface area contributed by atoms with Gasteiger partial charge >= 0.3 is 0 Å². The van der Waals surface area contributed by atoms with Crippen LogP contribution >= 0.6 is 23.4 Å². The van der Waals surface area contributed by atoms with Crippen LogP contribution in [0, 0.1) is 0 Å². The van der Waals surface area contributed by atoms with Gasteiger partial charge in [0.1, 0.15) is 5.65 Å². The first-order valence-corrected chi connectivity index (χ1v) is 10.2. The van der Waals surface area contributed by atoms with Crippen molar-refractivity contribution in [2.45, 2.75) is 10.6 Å². The predicted molar refractivity (Wildman–Crippen MR) is 117 cm³/mol. The maximum Gasteiger partial charge on any atom is 0.258 e. The van der Waals surface area contributed by atoms with Gasteiger partial charge in [0, 0.05) is 33.5 Å². The molecule has 0 unspecified atom stereocenters. The zero-order valence-electron chi connectivity index (χ0n) is 15.2. The van der Waals surface area contributed by atoms with Gasteiger partial charge in [-0.3, -0.25) is 14.0 Å². The fourth-order valence-corrected chi connectivity index (χ4v) is 3.85. The molecule has 2 aromatic heterocycles. The molecule has 0 atom stereocenters. The summed E-state index contributed by atoms with van der Waals surface area (Å²) in [5.41, 5.74) is 2.41. The molecule has 5 nitrogen and oxygen atoms in total. The lowest BCUT2D eigenvalue weighted by atomic mass is 10.2. The number of rotatable bonds is 5. The second-order valence-electron chi connectivity index (χ2n) is 6.26. The molecule has 0 spiro atoms. The Kier molecular flexibility index (Phi) is 5.64. The van der Waals surface area contributed by atoms with Crippen LogP contribution in [0.4, 0.5) is 5.69 Å². The number of anilines is 1. The summed E-state index contributed by atoms with van der Waals surface area (Å²) in [5, 5.41) is 3.51. The van der Waals surface area contributed by atoms with Crippen molar-refractivity contribution in [2.24, 2.45) is 0 Å². The van der Waals surface area contributed by atoms with Crippen LogP contribution in [0.5, 0.6) is 0 Å². The second kappa shape index (κ2) is 8.51. The molecule has 7 heteroatoms. The highest BCUT2D eigenvalue weighted by molar-refractivity contribution is 7.98. The third-order valence-corrected chi connectivity index (χ3v) is 5.60. The molecule has 1 amide bonds. The van der Waals surface area contributed by atoms with E-state index in [1.54, 1.807) is 42.6 Å². The molecule has 144 valence electrons. The molecule has 1 N–H and O–H groups in total. The van der Waals surface area contributed by atoms with E-state index in [9.17, 15) is 9.59 Å². The number of carbonyl (C=O) groups excluding carboxylic acids is 1. The van der Waals surface area contributed by atoms with E-state index in [2.05, 4.69) is 10.3 Å². The van der Waals surface area contributed by atoms with Crippen molar-refractivity contribution < 1.29 is 4.79 Å². The molecule has 0 aliphatic heterocycles. The SMILES string of the molecule is O=C(Nc1ccccc1SCc1cc(=O)n2ccccc2n1)c1ccc(Cl)cc1. The molecule has 0 saturated carbocycles. The van der Waals surface area contributed by atoms with Crippen LogP contribution in [0.25, 0.3) is 5.65 Å². The number of amides is 1. The van der Waals surface area contributed by atoms with Gasteiger partial charge in [0.2, 0.25) is 0 Å². The minimum absolute atomic E-state index is 0.115. The lowest BCUT2D eigenvalue weighted by molar-refractivity contribution is 0.102. The van der Waals surface area contributed by atoms with Crippen LogP contribution in [0.1, 0.15) is 16.1 Å². The molecule has 4 rings (SSSR count). The molecular weight excluding hydrogens is 406 g/mol. The van der Waals surface area contributed by atoms with Crippen LogP contribution in [-0.4, -0.2) is 15.3 Å². The van der Waals surface area contributed by atoms with Crippen LogP contribution < -0.4 is 10.9 Å². The summed E-state index contributed by atoms with van der Waals surface area (Å²) in [7, 11) is 0. The van der Waals surface area contributed by atoms with Gasteiger partial charge in [-0.1, -0.05) is 29.8 Å². The van der Waals surface area contributed by atoms with Crippen molar-refractivity contribution in [2.75, 3.05) is 5.32 Å². The summed E-state index contributed by atoms with van der Waals surface area (Å²) in [5.74, 6) is 0.297. The number of pyridine rings is 1. The molecule has 0 bridgehead atoms. The summed E-state index contributed by atoms with van der Waals surface area (Å²) in [4.78, 5) is 30.2. The average Bonchev–Trinajstić information content (AvgIpc) is 2.73. The molecule has 0 saturated heterocycles. The Morgan fingerprint density at radius 2 is 1.79 bits per heavy atom. The zero-order valence-corrected chi connectivity index (χ0v) is 16.8. The van der Waals surface area contributed by atoms with Crippen molar-refractivity contribution >= 4 is 40.6 Å². The van der Waals surface area contributed by atoms with E-state index in [0.717, 1.165) is 4.90 Å². The van der Waals surface area contributed by atoms with E-state index in [4.69, 9.17) is 11.6 Å². The van der Waals surface area contributed by atoms with Gasteiger partial charge in [0.05, 0.1) is 11.4 Å². The molecule has 2 heterocycles. The lowest BCUT2D eigenvalue weighted by Gasteiger charge is -2.11. The summed E-state index contributed by atoms with van der Waals surface area (Å²) in [6.45, 7) is 0. The highest BCUT2D eigenvalue weighted by Crippen LogP contribution is 2.29. The van der Waals surface area contributed by atoms with E-state index in [1.807, 2.05) is 30.3 Å². The molecule has 0 fully saturated rings. The molecule has 0 aliphatic carbocycles. The number of fused-ring (bicyclic) bond motifs is 1. The third-order valence-electron chi connectivity index (χ3n) is 4.24. The van der Waals surface area contributed by atoms with Gasteiger partial charge in [-0.05, 0) is 48.5 Å². The Morgan fingerprint density at radius 3 is 2.62 bits per heavy atom. The minimum Gasteiger partial charge on any atom is -0.321 e. The number of benzene rings is 2. The van der Waals surface area contributed by atoms with Gasteiger partial charge in [-0.15, -0.1) is 11.8 Å². The number of nitrogens with zero attached hydrogens (tertiary/aromatic N) is 2. The number of aromatic nitrogens is 2. The van der Waals surface area contributed by atoms with Crippen LogP contribution in [0.2, 0.25) is 5.02 Å². The van der Waals surface area contributed by atoms with Crippen LogP contribution in [0.3, 0.4) is 0 Å². The number of hydrogen-bond acceptors (Lipinski definition) is 4. The molecule has 4 aromatic rings. The first-order valence-electron chi connectivity index (χ1n) is 8.86. The quantitative estimate of drug-likeness (QED) is 0.466. The second-order valence-corrected chi connectivity index (χ2v) is 7.71. The van der Waals surface area contributed by atoms with Crippen molar-refractivity contribution in [3.05, 3.63) is 106 Å². The number of nitrogens with one attached hydrogen (secondary N) is 1. The summed E-state index contributed by atoms with van der Waals surface area (Å²) >= 11 is 7.39. The molecule has 0 aliphatic rings. The van der Waals surface area contributed by atoms with Crippen molar-refractivity contribution in [1.29, 1.82) is 0 Å². The summed E-state index contributed by atoms with van der Waals surface area (Å²) in [6, 6.07) is 21.2. The highest BCUT2D eigenvalue weighted by atomic mass is 35.5. The smallest absolute Gasteiger partial charge is 0.258 e. The largest absolute Gasteiger partial charge is 0.321 e. The third kappa shape index (κ3) is 4.50. The topological polar surface area (TPSA) is 63.5 Å².